The molecule has 15 heavy (non-hydrogen) atoms. The number of thiol groups is 1. The van der Waals surface area contributed by atoms with E-state index in [0.29, 0.717) is 0 Å². The normalized spacial score (nSPS) is 13.7. The van der Waals surface area contributed by atoms with Crippen molar-refractivity contribution in [2.75, 3.05) is 25.4 Å². The molecule has 2 rings (SSSR count). The van der Waals surface area contributed by atoms with E-state index in [1.165, 1.54) is 11.1 Å². The SMILES string of the molecule is SCCNCCc1ccc2c(c1)CCO2. The molecule has 1 aromatic rings. The summed E-state index contributed by atoms with van der Waals surface area (Å²) in [6.07, 6.45) is 2.15. The third-order valence-electron chi connectivity index (χ3n) is 2.63. The maximum atomic E-state index is 5.47. The molecule has 82 valence electrons. The van der Waals surface area contributed by atoms with Crippen molar-refractivity contribution in [2.45, 2.75) is 12.8 Å². The number of fused-ring (bicyclic) bond motifs is 1. The summed E-state index contributed by atoms with van der Waals surface area (Å²) in [5.41, 5.74) is 2.76. The molecule has 2 nitrogen and oxygen atoms in total. The monoisotopic (exact) mass is 223 g/mol. The highest BCUT2D eigenvalue weighted by molar-refractivity contribution is 7.80. The van der Waals surface area contributed by atoms with Gasteiger partial charge in [0.05, 0.1) is 6.61 Å². The van der Waals surface area contributed by atoms with Crippen molar-refractivity contribution < 1.29 is 4.74 Å². The quantitative estimate of drug-likeness (QED) is 0.585. The van der Waals surface area contributed by atoms with Gasteiger partial charge in [0, 0.05) is 18.7 Å². The summed E-state index contributed by atoms with van der Waals surface area (Å²) in [6, 6.07) is 6.52. The zero-order valence-electron chi connectivity index (χ0n) is 8.83. The maximum Gasteiger partial charge on any atom is 0.122 e. The summed E-state index contributed by atoms with van der Waals surface area (Å²) < 4.78 is 5.47. The number of ether oxygens (including phenoxy) is 1. The number of benzene rings is 1. The molecule has 0 saturated heterocycles. The van der Waals surface area contributed by atoms with E-state index in [4.69, 9.17) is 4.74 Å². The van der Waals surface area contributed by atoms with Gasteiger partial charge in [0.1, 0.15) is 5.75 Å². The summed E-state index contributed by atoms with van der Waals surface area (Å²) >= 11 is 4.15. The first-order valence-corrected chi connectivity index (χ1v) is 6.09. The predicted molar refractivity (Wildman–Crippen MR) is 66.1 cm³/mol. The summed E-state index contributed by atoms with van der Waals surface area (Å²) in [4.78, 5) is 0. The van der Waals surface area contributed by atoms with Gasteiger partial charge in [-0.2, -0.15) is 12.6 Å². The Morgan fingerprint density at radius 3 is 3.13 bits per heavy atom. The fourth-order valence-electron chi connectivity index (χ4n) is 1.83. The Kier molecular flexibility index (Phi) is 3.92. The molecule has 0 saturated carbocycles. The van der Waals surface area contributed by atoms with E-state index >= 15 is 0 Å². The minimum atomic E-state index is 0.844. The lowest BCUT2D eigenvalue weighted by Gasteiger charge is -2.05. The number of hydrogen-bond donors (Lipinski definition) is 2. The van der Waals surface area contributed by atoms with E-state index in [-0.39, 0.29) is 0 Å². The lowest BCUT2D eigenvalue weighted by Crippen LogP contribution is -2.19. The van der Waals surface area contributed by atoms with E-state index in [0.717, 1.165) is 44.0 Å². The van der Waals surface area contributed by atoms with Crippen molar-refractivity contribution in [3.63, 3.8) is 0 Å². The second-order valence-electron chi connectivity index (χ2n) is 3.76. The summed E-state index contributed by atoms with van der Waals surface area (Å²) in [6.45, 7) is 2.86. The fourth-order valence-corrected chi connectivity index (χ4v) is 1.99. The molecule has 0 aliphatic carbocycles. The second-order valence-corrected chi connectivity index (χ2v) is 4.21. The van der Waals surface area contributed by atoms with Gasteiger partial charge in [-0.05, 0) is 30.2 Å². The highest BCUT2D eigenvalue weighted by atomic mass is 32.1. The standard InChI is InChI=1S/C12H17NOS/c15-8-6-13-5-3-10-1-2-12-11(9-10)4-7-14-12/h1-2,9,13,15H,3-8H2. The lowest BCUT2D eigenvalue weighted by molar-refractivity contribution is 0.357. The number of rotatable bonds is 5. The molecule has 0 atom stereocenters. The first kappa shape index (κ1) is 10.8. The van der Waals surface area contributed by atoms with Crippen LogP contribution in [0.15, 0.2) is 18.2 Å². The van der Waals surface area contributed by atoms with Crippen molar-refractivity contribution in [2.24, 2.45) is 0 Å². The minimum Gasteiger partial charge on any atom is -0.493 e. The smallest absolute Gasteiger partial charge is 0.122 e. The van der Waals surface area contributed by atoms with Crippen molar-refractivity contribution in [3.8, 4) is 5.75 Å². The van der Waals surface area contributed by atoms with Gasteiger partial charge in [-0.3, -0.25) is 0 Å². The zero-order valence-corrected chi connectivity index (χ0v) is 9.72. The molecule has 0 fully saturated rings. The predicted octanol–water partition coefficient (Wildman–Crippen LogP) is 1.68. The summed E-state index contributed by atoms with van der Waals surface area (Å²) in [5.74, 6) is 1.97. The summed E-state index contributed by atoms with van der Waals surface area (Å²) in [5, 5.41) is 3.34. The van der Waals surface area contributed by atoms with E-state index in [1.807, 2.05) is 0 Å². The Bertz CT molecular complexity index is 327. The third-order valence-corrected chi connectivity index (χ3v) is 2.86. The van der Waals surface area contributed by atoms with Crippen LogP contribution in [-0.4, -0.2) is 25.4 Å². The Morgan fingerprint density at radius 2 is 2.27 bits per heavy atom. The van der Waals surface area contributed by atoms with Crippen LogP contribution < -0.4 is 10.1 Å². The second kappa shape index (κ2) is 5.42. The van der Waals surface area contributed by atoms with E-state index in [1.54, 1.807) is 0 Å². The molecular formula is C12H17NOS. The van der Waals surface area contributed by atoms with Crippen LogP contribution in [-0.2, 0) is 12.8 Å². The van der Waals surface area contributed by atoms with Crippen LogP contribution in [0, 0.1) is 0 Å². The molecule has 1 N–H and O–H groups in total. The van der Waals surface area contributed by atoms with E-state index in [9.17, 15) is 0 Å². The van der Waals surface area contributed by atoms with Crippen molar-refractivity contribution in [1.82, 2.24) is 5.32 Å². The van der Waals surface area contributed by atoms with E-state index in [2.05, 4.69) is 36.1 Å². The van der Waals surface area contributed by atoms with Gasteiger partial charge >= 0.3 is 0 Å². The molecule has 3 heteroatoms. The van der Waals surface area contributed by atoms with Crippen molar-refractivity contribution in [3.05, 3.63) is 29.3 Å². The number of hydrogen-bond acceptors (Lipinski definition) is 3. The molecule has 1 aliphatic heterocycles. The largest absolute Gasteiger partial charge is 0.493 e. The molecule has 0 unspecified atom stereocenters. The van der Waals surface area contributed by atoms with E-state index < -0.39 is 0 Å². The van der Waals surface area contributed by atoms with Gasteiger partial charge in [0.2, 0.25) is 0 Å². The Labute approximate surface area is 96.4 Å². The molecule has 0 bridgehead atoms. The van der Waals surface area contributed by atoms with Crippen LogP contribution in [0.4, 0.5) is 0 Å². The molecule has 0 amide bonds. The van der Waals surface area contributed by atoms with Gasteiger partial charge in [-0.25, -0.2) is 0 Å². The van der Waals surface area contributed by atoms with Crippen molar-refractivity contribution >= 4 is 12.6 Å². The van der Waals surface area contributed by atoms with Gasteiger partial charge < -0.3 is 10.1 Å². The Balaban J connectivity index is 1.87. The van der Waals surface area contributed by atoms with Gasteiger partial charge in [0.25, 0.3) is 0 Å². The van der Waals surface area contributed by atoms with Gasteiger partial charge in [-0.1, -0.05) is 12.1 Å². The highest BCUT2D eigenvalue weighted by Crippen LogP contribution is 2.25. The van der Waals surface area contributed by atoms with Crippen LogP contribution in [0.25, 0.3) is 0 Å². The molecule has 0 aromatic heterocycles. The zero-order chi connectivity index (χ0) is 10.5. The molecule has 1 heterocycles. The van der Waals surface area contributed by atoms with Gasteiger partial charge in [0.15, 0.2) is 0 Å². The maximum absolute atomic E-state index is 5.47. The first-order valence-electron chi connectivity index (χ1n) is 5.46. The average Bonchev–Trinajstić information content (AvgIpc) is 2.71. The Hall–Kier alpha value is -0.670. The third kappa shape index (κ3) is 2.89. The van der Waals surface area contributed by atoms with Crippen molar-refractivity contribution in [1.29, 1.82) is 0 Å². The van der Waals surface area contributed by atoms with Crippen LogP contribution >= 0.6 is 12.6 Å². The number of nitrogens with one attached hydrogen (secondary N) is 1. The van der Waals surface area contributed by atoms with Crippen LogP contribution in [0.2, 0.25) is 0 Å². The fraction of sp³-hybridized carbons (Fsp3) is 0.500. The molecule has 1 aliphatic rings. The van der Waals surface area contributed by atoms with Gasteiger partial charge in [-0.15, -0.1) is 0 Å². The summed E-state index contributed by atoms with van der Waals surface area (Å²) in [7, 11) is 0. The Morgan fingerprint density at radius 1 is 1.33 bits per heavy atom. The molecule has 0 radical (unpaired) electrons. The van der Waals surface area contributed by atoms with Crippen LogP contribution in [0.3, 0.4) is 0 Å². The first-order chi connectivity index (χ1) is 7.40. The molecule has 0 spiro atoms. The van der Waals surface area contributed by atoms with Crippen LogP contribution in [0.5, 0.6) is 5.75 Å². The highest BCUT2D eigenvalue weighted by Gasteiger charge is 2.11. The topological polar surface area (TPSA) is 21.3 Å². The molecule has 1 aromatic carbocycles. The van der Waals surface area contributed by atoms with Crippen LogP contribution in [0.1, 0.15) is 11.1 Å². The molecular weight excluding hydrogens is 206 g/mol. The minimum absolute atomic E-state index is 0.844. The lowest BCUT2D eigenvalue weighted by atomic mass is 10.1. The average molecular weight is 223 g/mol.